The number of aromatic hydroxyl groups is 1. The van der Waals surface area contributed by atoms with Crippen LogP contribution in [0.25, 0.3) is 5.76 Å². The third-order valence-corrected chi connectivity index (χ3v) is 4.39. The molecule has 0 bridgehead atoms. The van der Waals surface area contributed by atoms with Crippen molar-refractivity contribution in [3.8, 4) is 17.6 Å². The molecule has 10 nitrogen and oxygen atoms in total. The molecule has 1 amide bonds. The van der Waals surface area contributed by atoms with Crippen molar-refractivity contribution >= 4 is 17.4 Å². The Balaban J connectivity index is 2.46. The number of hydrogen-bond acceptors (Lipinski definition) is 8. The zero-order valence-electron chi connectivity index (χ0n) is 16.5. The highest BCUT2D eigenvalue weighted by Gasteiger charge is 2.26. The van der Waals surface area contributed by atoms with Crippen molar-refractivity contribution in [1.29, 1.82) is 5.26 Å². The first-order valence-electron chi connectivity index (χ1n) is 8.67. The molecular weight excluding hydrogens is 413 g/mol. The van der Waals surface area contributed by atoms with Crippen molar-refractivity contribution in [2.24, 2.45) is 0 Å². The molecule has 2 aromatic rings. The van der Waals surface area contributed by atoms with Gasteiger partial charge in [0.25, 0.3) is 5.91 Å². The van der Waals surface area contributed by atoms with E-state index in [9.17, 15) is 34.8 Å². The second kappa shape index (κ2) is 9.55. The normalized spacial score (nSPS) is 11.3. The van der Waals surface area contributed by atoms with Gasteiger partial charge >= 0.3 is 5.69 Å². The fourth-order valence-electron chi connectivity index (χ4n) is 2.77. The van der Waals surface area contributed by atoms with Crippen molar-refractivity contribution in [3.63, 3.8) is 0 Å². The van der Waals surface area contributed by atoms with Gasteiger partial charge in [-0.2, -0.15) is 5.26 Å². The van der Waals surface area contributed by atoms with Gasteiger partial charge in [0.1, 0.15) is 17.6 Å². The topological polar surface area (TPSA) is 157 Å². The molecule has 0 atom stereocenters. The largest absolute Gasteiger partial charge is 0.506 e. The van der Waals surface area contributed by atoms with E-state index in [4.69, 9.17) is 9.84 Å². The first-order valence-corrected chi connectivity index (χ1v) is 8.67. The van der Waals surface area contributed by atoms with E-state index in [1.54, 1.807) is 0 Å². The van der Waals surface area contributed by atoms with E-state index in [1.807, 2.05) is 0 Å². The van der Waals surface area contributed by atoms with Gasteiger partial charge in [-0.15, -0.1) is 0 Å². The maximum absolute atomic E-state index is 14.3. The van der Waals surface area contributed by atoms with Crippen LogP contribution in [-0.4, -0.2) is 45.2 Å². The van der Waals surface area contributed by atoms with Crippen LogP contribution in [0.5, 0.6) is 11.5 Å². The Labute approximate surface area is 175 Å². The molecule has 0 aliphatic carbocycles. The lowest BCUT2D eigenvalue weighted by Crippen LogP contribution is -2.28. The third-order valence-electron chi connectivity index (χ3n) is 4.39. The summed E-state index contributed by atoms with van der Waals surface area (Å²) in [5, 5.41) is 50.0. The Hall–Kier alpha value is -4.17. The summed E-state index contributed by atoms with van der Waals surface area (Å²) in [5.41, 5.74) is -1.78. The van der Waals surface area contributed by atoms with Crippen molar-refractivity contribution in [2.75, 3.05) is 14.2 Å². The van der Waals surface area contributed by atoms with Crippen molar-refractivity contribution < 1.29 is 34.2 Å². The number of carbonyl (C=O) groups is 1. The third kappa shape index (κ3) is 4.71. The summed E-state index contributed by atoms with van der Waals surface area (Å²) < 4.78 is 19.2. The van der Waals surface area contributed by atoms with E-state index < -0.39 is 46.0 Å². The molecule has 0 radical (unpaired) electrons. The average molecular weight is 431 g/mol. The maximum Gasteiger partial charge on any atom is 0.315 e. The molecule has 0 aliphatic rings. The highest BCUT2D eigenvalue weighted by Crippen LogP contribution is 2.38. The molecule has 0 aliphatic heterocycles. The van der Waals surface area contributed by atoms with E-state index in [2.05, 4.69) is 0 Å². The lowest BCUT2D eigenvalue weighted by atomic mass is 10.1. The zero-order valence-corrected chi connectivity index (χ0v) is 16.5. The molecule has 0 unspecified atom stereocenters. The molecule has 0 fully saturated rings. The Bertz CT molecular complexity index is 1110. The van der Waals surface area contributed by atoms with Gasteiger partial charge in [0, 0.05) is 36.3 Å². The van der Waals surface area contributed by atoms with Crippen molar-refractivity contribution in [2.45, 2.75) is 13.2 Å². The van der Waals surface area contributed by atoms with Gasteiger partial charge in [-0.1, -0.05) is 18.2 Å². The number of halogens is 1. The molecule has 2 rings (SSSR count). The molecule has 0 heterocycles. The predicted molar refractivity (Wildman–Crippen MR) is 105 cm³/mol. The number of aliphatic hydroxyl groups is 2. The monoisotopic (exact) mass is 431 g/mol. The number of methoxy groups -OCH3 is 1. The van der Waals surface area contributed by atoms with Gasteiger partial charge < -0.3 is 25.0 Å². The number of carbonyl (C=O) groups excluding carboxylic acids is 1. The number of nitro benzene ring substituents is 1. The minimum atomic E-state index is -0.983. The minimum absolute atomic E-state index is 0.0285. The minimum Gasteiger partial charge on any atom is -0.506 e. The predicted octanol–water partition coefficient (Wildman–Crippen LogP) is 2.39. The molecule has 2 aromatic carbocycles. The number of ether oxygens (including phenoxy) is 1. The molecule has 0 aromatic heterocycles. The average Bonchev–Trinajstić information content (AvgIpc) is 2.75. The van der Waals surface area contributed by atoms with Crippen LogP contribution in [0, 0.1) is 27.3 Å². The van der Waals surface area contributed by atoms with Crippen molar-refractivity contribution in [3.05, 3.63) is 68.5 Å². The van der Waals surface area contributed by atoms with Gasteiger partial charge in [-0.3, -0.25) is 14.9 Å². The van der Waals surface area contributed by atoms with E-state index in [0.29, 0.717) is 0 Å². The molecule has 11 heteroatoms. The molecule has 0 saturated carbocycles. The smallest absolute Gasteiger partial charge is 0.315 e. The van der Waals surface area contributed by atoms with Gasteiger partial charge in [0.05, 0.1) is 18.6 Å². The fraction of sp³-hybridized carbons (Fsp3) is 0.200. The number of benzene rings is 2. The molecule has 3 N–H and O–H groups in total. The summed E-state index contributed by atoms with van der Waals surface area (Å²) in [5.74, 6) is -3.72. The maximum atomic E-state index is 14.3. The van der Waals surface area contributed by atoms with Crippen LogP contribution >= 0.6 is 0 Å². The summed E-state index contributed by atoms with van der Waals surface area (Å²) in [6, 6.07) is 7.59. The number of hydrogen-bond donors (Lipinski definition) is 3. The molecule has 162 valence electrons. The first-order chi connectivity index (χ1) is 14.7. The van der Waals surface area contributed by atoms with Gasteiger partial charge in [-0.05, 0) is 6.07 Å². The number of likely N-dealkylation sites (N-methyl/N-ethyl adjacent to an activating group) is 1. The Morgan fingerprint density at radius 1 is 1.35 bits per heavy atom. The zero-order chi connectivity index (χ0) is 23.3. The summed E-state index contributed by atoms with van der Waals surface area (Å²) in [6.07, 6.45) is 0. The molecular formula is C20H18FN3O7. The van der Waals surface area contributed by atoms with E-state index in [0.717, 1.165) is 24.1 Å². The number of amides is 1. The lowest BCUT2D eigenvalue weighted by molar-refractivity contribution is -0.386. The highest BCUT2D eigenvalue weighted by atomic mass is 19.1. The van der Waals surface area contributed by atoms with Gasteiger partial charge in [0.2, 0.25) is 5.75 Å². The summed E-state index contributed by atoms with van der Waals surface area (Å²) in [4.78, 5) is 23.9. The van der Waals surface area contributed by atoms with Crippen LogP contribution < -0.4 is 4.74 Å². The number of nitriles is 1. The summed E-state index contributed by atoms with van der Waals surface area (Å²) in [6.45, 7) is -0.820. The quantitative estimate of drug-likeness (QED) is 0.198. The van der Waals surface area contributed by atoms with Crippen LogP contribution in [0.4, 0.5) is 10.1 Å². The number of phenolic OH excluding ortho intramolecular Hbond substituents is 1. The number of rotatable bonds is 7. The molecule has 0 spiro atoms. The lowest BCUT2D eigenvalue weighted by Gasteiger charge is -2.18. The van der Waals surface area contributed by atoms with E-state index in [-0.39, 0.29) is 29.0 Å². The molecule has 31 heavy (non-hydrogen) atoms. The van der Waals surface area contributed by atoms with E-state index >= 15 is 0 Å². The Morgan fingerprint density at radius 3 is 2.55 bits per heavy atom. The fourth-order valence-corrected chi connectivity index (χ4v) is 2.77. The van der Waals surface area contributed by atoms with Gasteiger partial charge in [0.15, 0.2) is 11.3 Å². The highest BCUT2D eigenvalue weighted by molar-refractivity contribution is 6.03. The summed E-state index contributed by atoms with van der Waals surface area (Å²) in [7, 11) is 2.39. The first kappa shape index (κ1) is 23.1. The number of nitrogens with zero attached hydrogens (tertiary/aromatic N) is 3. The van der Waals surface area contributed by atoms with Crippen LogP contribution in [-0.2, 0) is 17.9 Å². The molecule has 0 saturated heterocycles. The van der Waals surface area contributed by atoms with E-state index in [1.165, 1.54) is 31.3 Å². The van der Waals surface area contributed by atoms with Crippen LogP contribution in [0.1, 0.15) is 16.7 Å². The number of aliphatic hydroxyl groups excluding tert-OH is 2. The van der Waals surface area contributed by atoms with Crippen LogP contribution in [0.3, 0.4) is 0 Å². The second-order valence-electron chi connectivity index (χ2n) is 6.35. The Kier molecular flexibility index (Phi) is 7.12. The Morgan fingerprint density at radius 2 is 2.00 bits per heavy atom. The second-order valence-corrected chi connectivity index (χ2v) is 6.35. The van der Waals surface area contributed by atoms with Crippen LogP contribution in [0.2, 0.25) is 0 Å². The van der Waals surface area contributed by atoms with Crippen molar-refractivity contribution in [1.82, 2.24) is 4.90 Å². The number of nitro groups is 1. The van der Waals surface area contributed by atoms with Crippen LogP contribution in [0.15, 0.2) is 35.9 Å². The SMILES string of the molecule is COc1cc(/C(O)=C(\C#N)C(=O)N(C)Cc2cccc(CO)c2F)cc([N+](=O)[O-])c1O. The summed E-state index contributed by atoms with van der Waals surface area (Å²) >= 11 is 0. The van der Waals surface area contributed by atoms with Gasteiger partial charge in [-0.25, -0.2) is 4.39 Å². The standard InChI is InChI=1S/C20H18FN3O7/c1-23(9-11-4-3-5-12(10-25)17(11)21)20(28)14(8-22)18(26)13-6-15(24(29)30)19(27)16(7-13)31-2/h3-7,25-27H,9-10H2,1-2H3/b18-14-. The number of phenols is 1.